The summed E-state index contributed by atoms with van der Waals surface area (Å²) in [5.41, 5.74) is -0.145. The molecule has 4 nitrogen and oxygen atoms in total. The maximum Gasteiger partial charge on any atom is 0.416 e. The Bertz CT molecular complexity index is 983. The van der Waals surface area contributed by atoms with Crippen LogP contribution >= 0.6 is 11.3 Å². The quantitative estimate of drug-likeness (QED) is 0.573. The van der Waals surface area contributed by atoms with E-state index in [9.17, 15) is 22.4 Å². The van der Waals surface area contributed by atoms with E-state index in [2.05, 4.69) is 4.98 Å². The van der Waals surface area contributed by atoms with Gasteiger partial charge >= 0.3 is 6.18 Å². The average molecular weight is 411 g/mol. The summed E-state index contributed by atoms with van der Waals surface area (Å²) in [5, 5.41) is 0.368. The monoisotopic (exact) mass is 411 g/mol. The van der Waals surface area contributed by atoms with Gasteiger partial charge in [0.1, 0.15) is 5.82 Å². The van der Waals surface area contributed by atoms with Crippen molar-refractivity contribution in [3.05, 3.63) is 59.4 Å². The number of hydrogen-bond acceptors (Lipinski definition) is 4. The molecule has 1 amide bonds. The summed E-state index contributed by atoms with van der Waals surface area (Å²) < 4.78 is 52.3. The third kappa shape index (κ3) is 4.48. The molecule has 0 bridgehead atoms. The third-order valence-electron chi connectivity index (χ3n) is 4.05. The molecule has 3 aromatic rings. The van der Waals surface area contributed by atoms with Crippen molar-refractivity contribution in [3.63, 3.8) is 0 Å². The number of carbonyl (C=O) groups excluding carboxylic acids is 1. The zero-order chi connectivity index (χ0) is 20.5. The summed E-state index contributed by atoms with van der Waals surface area (Å²) in [6.45, 7) is 0.811. The van der Waals surface area contributed by atoms with Gasteiger partial charge in [0.15, 0.2) is 5.13 Å². The van der Waals surface area contributed by atoms with Crippen molar-refractivity contribution in [2.75, 3.05) is 32.1 Å². The molecule has 0 radical (unpaired) electrons. The maximum atomic E-state index is 13.5. The van der Waals surface area contributed by atoms with Gasteiger partial charge in [0.2, 0.25) is 0 Å². The van der Waals surface area contributed by atoms with E-state index in [1.807, 2.05) is 19.0 Å². The minimum Gasteiger partial charge on any atom is -0.308 e. The highest BCUT2D eigenvalue weighted by Gasteiger charge is 2.30. The van der Waals surface area contributed by atoms with Gasteiger partial charge in [-0.25, -0.2) is 9.37 Å². The highest BCUT2D eigenvalue weighted by atomic mass is 32.1. The molecule has 2 aromatic carbocycles. The van der Waals surface area contributed by atoms with Crippen molar-refractivity contribution in [2.45, 2.75) is 6.18 Å². The molecule has 9 heteroatoms. The van der Waals surface area contributed by atoms with Gasteiger partial charge in [-0.1, -0.05) is 11.3 Å². The number of aromatic nitrogens is 1. The van der Waals surface area contributed by atoms with E-state index in [-0.39, 0.29) is 12.1 Å². The van der Waals surface area contributed by atoms with Crippen LogP contribution < -0.4 is 4.90 Å². The normalized spacial score (nSPS) is 12.0. The highest BCUT2D eigenvalue weighted by molar-refractivity contribution is 7.22. The van der Waals surface area contributed by atoms with Crippen molar-refractivity contribution in [1.82, 2.24) is 9.88 Å². The van der Waals surface area contributed by atoms with E-state index in [1.165, 1.54) is 23.1 Å². The van der Waals surface area contributed by atoms with Crippen LogP contribution in [0.1, 0.15) is 15.9 Å². The molecule has 0 N–H and O–H groups in total. The van der Waals surface area contributed by atoms with Crippen molar-refractivity contribution < 1.29 is 22.4 Å². The van der Waals surface area contributed by atoms with E-state index in [4.69, 9.17) is 0 Å². The second-order valence-electron chi connectivity index (χ2n) is 6.44. The van der Waals surface area contributed by atoms with E-state index < -0.39 is 23.5 Å². The zero-order valence-corrected chi connectivity index (χ0v) is 15.9. The molecule has 0 unspecified atom stereocenters. The molecule has 0 saturated carbocycles. The Morgan fingerprint density at radius 3 is 2.36 bits per heavy atom. The van der Waals surface area contributed by atoms with Crippen LogP contribution in [0.4, 0.5) is 22.7 Å². The number of fused-ring (bicyclic) bond motifs is 1. The van der Waals surface area contributed by atoms with E-state index >= 15 is 0 Å². The average Bonchev–Trinajstić information content (AvgIpc) is 3.03. The number of thiazole rings is 1. The van der Waals surface area contributed by atoms with Crippen LogP contribution in [0.5, 0.6) is 0 Å². The topological polar surface area (TPSA) is 36.4 Å². The lowest BCUT2D eigenvalue weighted by molar-refractivity contribution is -0.137. The number of hydrogen-bond donors (Lipinski definition) is 0. The molecule has 0 aliphatic heterocycles. The number of alkyl halides is 3. The lowest BCUT2D eigenvalue weighted by Crippen LogP contribution is -2.36. The fourth-order valence-electron chi connectivity index (χ4n) is 2.54. The molecule has 0 aliphatic rings. The molecular weight excluding hydrogens is 394 g/mol. The fourth-order valence-corrected chi connectivity index (χ4v) is 3.56. The van der Waals surface area contributed by atoms with Gasteiger partial charge in [-0.15, -0.1) is 0 Å². The first-order valence-electron chi connectivity index (χ1n) is 8.35. The van der Waals surface area contributed by atoms with Crippen molar-refractivity contribution in [3.8, 4) is 0 Å². The summed E-state index contributed by atoms with van der Waals surface area (Å²) in [7, 11) is 3.68. The van der Waals surface area contributed by atoms with Crippen molar-refractivity contribution in [1.29, 1.82) is 0 Å². The number of carbonyl (C=O) groups is 1. The predicted octanol–water partition coefficient (Wildman–Crippen LogP) is 4.66. The molecule has 0 aliphatic carbocycles. The van der Waals surface area contributed by atoms with E-state index in [1.54, 1.807) is 0 Å². The van der Waals surface area contributed by atoms with Gasteiger partial charge in [-0.2, -0.15) is 13.2 Å². The number of anilines is 1. The lowest BCUT2D eigenvalue weighted by Gasteiger charge is -2.22. The first-order chi connectivity index (χ1) is 13.1. The summed E-state index contributed by atoms with van der Waals surface area (Å²) >= 11 is 1.16. The Kier molecular flexibility index (Phi) is 5.66. The Labute approximate surface area is 163 Å². The molecule has 0 spiro atoms. The Hall–Kier alpha value is -2.52. The predicted molar refractivity (Wildman–Crippen MR) is 101 cm³/mol. The lowest BCUT2D eigenvalue weighted by atomic mass is 10.1. The van der Waals surface area contributed by atoms with Gasteiger partial charge in [-0.05, 0) is 56.6 Å². The molecule has 3 rings (SSSR count). The molecular formula is C19H17F4N3OS. The molecule has 1 heterocycles. The summed E-state index contributed by atoms with van der Waals surface area (Å²) in [5.74, 6) is -0.869. The second-order valence-corrected chi connectivity index (χ2v) is 7.45. The molecule has 0 fully saturated rings. The van der Waals surface area contributed by atoms with Crippen LogP contribution in [0.2, 0.25) is 0 Å². The van der Waals surface area contributed by atoms with Crippen LogP contribution in [0.15, 0.2) is 42.5 Å². The van der Waals surface area contributed by atoms with Crippen LogP contribution in [-0.2, 0) is 6.18 Å². The van der Waals surface area contributed by atoms with Crippen molar-refractivity contribution in [2.24, 2.45) is 0 Å². The minimum atomic E-state index is -4.47. The van der Waals surface area contributed by atoms with Crippen LogP contribution in [0.3, 0.4) is 0 Å². The van der Waals surface area contributed by atoms with Crippen LogP contribution in [0.25, 0.3) is 10.2 Å². The van der Waals surface area contributed by atoms with Gasteiger partial charge < -0.3 is 4.90 Å². The highest BCUT2D eigenvalue weighted by Crippen LogP contribution is 2.32. The van der Waals surface area contributed by atoms with Gasteiger partial charge in [0, 0.05) is 18.7 Å². The maximum absolute atomic E-state index is 13.5. The zero-order valence-electron chi connectivity index (χ0n) is 15.1. The number of halogens is 4. The fraction of sp³-hybridized carbons (Fsp3) is 0.263. The molecule has 28 heavy (non-hydrogen) atoms. The first-order valence-corrected chi connectivity index (χ1v) is 9.17. The Morgan fingerprint density at radius 1 is 1.07 bits per heavy atom. The second kappa shape index (κ2) is 7.84. The smallest absolute Gasteiger partial charge is 0.308 e. The number of rotatable bonds is 5. The Morgan fingerprint density at radius 2 is 1.75 bits per heavy atom. The molecule has 0 atom stereocenters. The van der Waals surface area contributed by atoms with Crippen LogP contribution in [-0.4, -0.2) is 43.0 Å². The SMILES string of the molecule is CN(C)CCN(C(=O)c1ccc(C(F)(F)F)cc1)c1nc2ccc(F)cc2s1. The summed E-state index contributed by atoms with van der Waals surface area (Å²) in [6, 6.07) is 8.21. The van der Waals surface area contributed by atoms with Gasteiger partial charge in [0.25, 0.3) is 5.91 Å². The minimum absolute atomic E-state index is 0.122. The van der Waals surface area contributed by atoms with E-state index in [0.29, 0.717) is 21.9 Å². The number of nitrogens with zero attached hydrogens (tertiary/aromatic N) is 3. The third-order valence-corrected chi connectivity index (χ3v) is 5.09. The van der Waals surface area contributed by atoms with Crippen LogP contribution in [0, 0.1) is 5.82 Å². The van der Waals surface area contributed by atoms with Gasteiger partial charge in [0.05, 0.1) is 15.8 Å². The molecule has 1 aromatic heterocycles. The van der Waals surface area contributed by atoms with E-state index in [0.717, 1.165) is 35.6 Å². The largest absolute Gasteiger partial charge is 0.416 e. The molecule has 0 saturated heterocycles. The first kappa shape index (κ1) is 20.2. The summed E-state index contributed by atoms with van der Waals surface area (Å²) in [6.07, 6.45) is -4.47. The number of likely N-dealkylation sites (N-methyl/N-ethyl adjacent to an activating group) is 1. The number of benzene rings is 2. The molecule has 148 valence electrons. The Balaban J connectivity index is 1.95. The van der Waals surface area contributed by atoms with Gasteiger partial charge in [-0.3, -0.25) is 9.69 Å². The number of amides is 1. The summed E-state index contributed by atoms with van der Waals surface area (Å²) in [4.78, 5) is 20.7. The van der Waals surface area contributed by atoms with Crippen molar-refractivity contribution >= 4 is 32.6 Å². The standard InChI is InChI=1S/C19H17F4N3OS/c1-25(2)9-10-26(18-24-15-8-7-14(20)11-16(15)28-18)17(27)12-3-5-13(6-4-12)19(21,22)23/h3-8,11H,9-10H2,1-2H3.